The summed E-state index contributed by atoms with van der Waals surface area (Å²) in [5.41, 5.74) is 8.53. The standard InChI is InChI=1S/C10H18N2/c1-3-5-8-7-12-10(11)9(8)6-4-2/h7,12H,3-6,11H2,1-2H3. The normalized spacial score (nSPS) is 10.5. The van der Waals surface area contributed by atoms with Crippen molar-refractivity contribution in [1.29, 1.82) is 0 Å². The topological polar surface area (TPSA) is 41.8 Å². The zero-order chi connectivity index (χ0) is 8.97. The summed E-state index contributed by atoms with van der Waals surface area (Å²) in [7, 11) is 0. The molecule has 0 aliphatic heterocycles. The second kappa shape index (κ2) is 4.19. The van der Waals surface area contributed by atoms with Gasteiger partial charge >= 0.3 is 0 Å². The largest absolute Gasteiger partial charge is 0.385 e. The van der Waals surface area contributed by atoms with E-state index in [4.69, 9.17) is 5.73 Å². The van der Waals surface area contributed by atoms with Gasteiger partial charge in [0, 0.05) is 6.20 Å². The minimum Gasteiger partial charge on any atom is -0.385 e. The summed E-state index contributed by atoms with van der Waals surface area (Å²) < 4.78 is 0. The first kappa shape index (κ1) is 9.17. The van der Waals surface area contributed by atoms with Crippen LogP contribution in [0.25, 0.3) is 0 Å². The molecule has 12 heavy (non-hydrogen) atoms. The van der Waals surface area contributed by atoms with E-state index in [2.05, 4.69) is 18.8 Å². The van der Waals surface area contributed by atoms with Gasteiger partial charge in [0.2, 0.25) is 0 Å². The highest BCUT2D eigenvalue weighted by molar-refractivity contribution is 5.45. The van der Waals surface area contributed by atoms with Crippen molar-refractivity contribution in [1.82, 2.24) is 4.98 Å². The van der Waals surface area contributed by atoms with E-state index in [0.29, 0.717) is 0 Å². The van der Waals surface area contributed by atoms with Crippen LogP contribution in [0.5, 0.6) is 0 Å². The number of anilines is 1. The fourth-order valence-electron chi connectivity index (χ4n) is 1.55. The number of H-pyrrole nitrogens is 1. The lowest BCUT2D eigenvalue weighted by Crippen LogP contribution is -1.94. The molecule has 0 amide bonds. The molecule has 0 radical (unpaired) electrons. The number of rotatable bonds is 4. The second-order valence-electron chi connectivity index (χ2n) is 3.21. The van der Waals surface area contributed by atoms with Crippen molar-refractivity contribution in [3.8, 4) is 0 Å². The molecule has 1 aromatic rings. The summed E-state index contributed by atoms with van der Waals surface area (Å²) in [6.45, 7) is 4.38. The Labute approximate surface area is 74.2 Å². The quantitative estimate of drug-likeness (QED) is 0.709. The summed E-state index contributed by atoms with van der Waals surface area (Å²) in [6, 6.07) is 0. The van der Waals surface area contributed by atoms with Crippen LogP contribution in [-0.4, -0.2) is 4.98 Å². The minimum absolute atomic E-state index is 0.861. The van der Waals surface area contributed by atoms with Gasteiger partial charge in [0.1, 0.15) is 5.82 Å². The molecule has 0 saturated carbocycles. The van der Waals surface area contributed by atoms with Crippen molar-refractivity contribution in [2.75, 3.05) is 5.73 Å². The van der Waals surface area contributed by atoms with Crippen molar-refractivity contribution in [3.05, 3.63) is 17.3 Å². The first-order valence-corrected chi connectivity index (χ1v) is 4.74. The summed E-state index contributed by atoms with van der Waals surface area (Å²) >= 11 is 0. The Morgan fingerprint density at radius 2 is 1.92 bits per heavy atom. The van der Waals surface area contributed by atoms with E-state index in [9.17, 15) is 0 Å². The van der Waals surface area contributed by atoms with Gasteiger partial charge in [-0.25, -0.2) is 0 Å². The van der Waals surface area contributed by atoms with Crippen LogP contribution in [-0.2, 0) is 12.8 Å². The van der Waals surface area contributed by atoms with Crippen molar-refractivity contribution < 1.29 is 0 Å². The molecule has 0 fully saturated rings. The molecule has 1 aromatic heterocycles. The molecule has 0 bridgehead atoms. The zero-order valence-corrected chi connectivity index (χ0v) is 7.98. The van der Waals surface area contributed by atoms with Crippen molar-refractivity contribution in [2.45, 2.75) is 39.5 Å². The second-order valence-corrected chi connectivity index (χ2v) is 3.21. The number of nitrogens with two attached hydrogens (primary N) is 1. The Bertz CT molecular complexity index is 238. The SMILES string of the molecule is CCCc1c[nH]c(N)c1CCC. The zero-order valence-electron chi connectivity index (χ0n) is 7.98. The molecule has 0 saturated heterocycles. The maximum absolute atomic E-state index is 5.80. The highest BCUT2D eigenvalue weighted by Crippen LogP contribution is 2.19. The fraction of sp³-hybridized carbons (Fsp3) is 0.600. The molecule has 0 atom stereocenters. The van der Waals surface area contributed by atoms with E-state index >= 15 is 0 Å². The van der Waals surface area contributed by atoms with Crippen molar-refractivity contribution in [3.63, 3.8) is 0 Å². The Morgan fingerprint density at radius 3 is 2.50 bits per heavy atom. The summed E-state index contributed by atoms with van der Waals surface area (Å²) in [6.07, 6.45) is 6.64. The van der Waals surface area contributed by atoms with Gasteiger partial charge in [-0.1, -0.05) is 26.7 Å². The van der Waals surface area contributed by atoms with E-state index in [-0.39, 0.29) is 0 Å². The van der Waals surface area contributed by atoms with Gasteiger partial charge in [0.05, 0.1) is 0 Å². The number of aromatic nitrogens is 1. The van der Waals surface area contributed by atoms with Crippen LogP contribution in [0.2, 0.25) is 0 Å². The van der Waals surface area contributed by atoms with Crippen LogP contribution < -0.4 is 5.73 Å². The molecule has 1 heterocycles. The van der Waals surface area contributed by atoms with E-state index in [1.807, 2.05) is 6.20 Å². The van der Waals surface area contributed by atoms with Crippen LogP contribution in [0.4, 0.5) is 5.82 Å². The van der Waals surface area contributed by atoms with Gasteiger partial charge < -0.3 is 10.7 Å². The molecule has 1 rings (SSSR count). The first-order valence-electron chi connectivity index (χ1n) is 4.74. The molecule has 3 N–H and O–H groups in total. The lowest BCUT2D eigenvalue weighted by Gasteiger charge is -2.01. The Morgan fingerprint density at radius 1 is 1.25 bits per heavy atom. The van der Waals surface area contributed by atoms with Gasteiger partial charge in [0.15, 0.2) is 0 Å². The third-order valence-electron chi connectivity index (χ3n) is 2.13. The molecule has 0 aliphatic rings. The van der Waals surface area contributed by atoms with Gasteiger partial charge in [-0.2, -0.15) is 0 Å². The van der Waals surface area contributed by atoms with Crippen LogP contribution in [0.1, 0.15) is 37.8 Å². The molecular weight excluding hydrogens is 148 g/mol. The third-order valence-corrected chi connectivity index (χ3v) is 2.13. The minimum atomic E-state index is 0.861. The van der Waals surface area contributed by atoms with Gasteiger partial charge in [-0.3, -0.25) is 0 Å². The highest BCUT2D eigenvalue weighted by atomic mass is 14.8. The molecule has 0 aliphatic carbocycles. The van der Waals surface area contributed by atoms with Crippen LogP contribution in [0.15, 0.2) is 6.20 Å². The average Bonchev–Trinajstić information content (AvgIpc) is 2.37. The van der Waals surface area contributed by atoms with Gasteiger partial charge in [-0.05, 0) is 24.0 Å². The highest BCUT2D eigenvalue weighted by Gasteiger charge is 2.06. The number of hydrogen-bond donors (Lipinski definition) is 2. The van der Waals surface area contributed by atoms with E-state index in [1.165, 1.54) is 24.0 Å². The number of aromatic amines is 1. The smallest absolute Gasteiger partial charge is 0.104 e. The van der Waals surface area contributed by atoms with Gasteiger partial charge in [0.25, 0.3) is 0 Å². The molecular formula is C10H18N2. The van der Waals surface area contributed by atoms with Crippen molar-refractivity contribution in [2.24, 2.45) is 0 Å². The molecule has 0 spiro atoms. The molecule has 0 aromatic carbocycles. The maximum Gasteiger partial charge on any atom is 0.104 e. The molecule has 0 unspecified atom stereocenters. The fourth-order valence-corrected chi connectivity index (χ4v) is 1.55. The summed E-state index contributed by atoms with van der Waals surface area (Å²) in [5, 5.41) is 0. The third kappa shape index (κ3) is 1.81. The maximum atomic E-state index is 5.80. The lowest BCUT2D eigenvalue weighted by molar-refractivity contribution is 0.870. The Kier molecular flexibility index (Phi) is 3.20. The average molecular weight is 166 g/mol. The predicted octanol–water partition coefficient (Wildman–Crippen LogP) is 2.50. The molecule has 68 valence electrons. The summed E-state index contributed by atoms with van der Waals surface area (Å²) in [4.78, 5) is 3.08. The number of nitrogens with one attached hydrogen (secondary N) is 1. The number of hydrogen-bond acceptors (Lipinski definition) is 1. The first-order chi connectivity index (χ1) is 5.79. The van der Waals surface area contributed by atoms with Crippen LogP contribution in [0.3, 0.4) is 0 Å². The van der Waals surface area contributed by atoms with Crippen LogP contribution >= 0.6 is 0 Å². The number of aryl methyl sites for hydroxylation is 1. The monoisotopic (exact) mass is 166 g/mol. The number of nitrogen functional groups attached to an aromatic ring is 1. The molecule has 2 heteroatoms. The van der Waals surface area contributed by atoms with Crippen LogP contribution in [0, 0.1) is 0 Å². The van der Waals surface area contributed by atoms with E-state index < -0.39 is 0 Å². The predicted molar refractivity (Wildman–Crippen MR) is 53.2 cm³/mol. The van der Waals surface area contributed by atoms with E-state index in [1.54, 1.807) is 0 Å². The van der Waals surface area contributed by atoms with Gasteiger partial charge in [-0.15, -0.1) is 0 Å². The van der Waals surface area contributed by atoms with Crippen molar-refractivity contribution >= 4 is 5.82 Å². The molecule has 2 nitrogen and oxygen atoms in total. The lowest BCUT2D eigenvalue weighted by atomic mass is 10.0. The van der Waals surface area contributed by atoms with E-state index in [0.717, 1.165) is 18.7 Å². The summed E-state index contributed by atoms with van der Waals surface area (Å²) in [5.74, 6) is 0.861. The Hall–Kier alpha value is -0.920. The Balaban J connectivity index is 2.80.